The summed E-state index contributed by atoms with van der Waals surface area (Å²) in [5.74, 6) is 0. The van der Waals surface area contributed by atoms with Gasteiger partial charge in [-0.15, -0.1) is 6.58 Å². The minimum atomic E-state index is 0.111. The lowest BCUT2D eigenvalue weighted by Gasteiger charge is -2.06. The summed E-state index contributed by atoms with van der Waals surface area (Å²) in [4.78, 5) is 4.38. The van der Waals surface area contributed by atoms with Crippen molar-refractivity contribution in [3.05, 3.63) is 43.2 Å². The third kappa shape index (κ3) is 1.40. The summed E-state index contributed by atoms with van der Waals surface area (Å²) < 4.78 is 2.03. The van der Waals surface area contributed by atoms with Gasteiger partial charge in [-0.3, -0.25) is 0 Å². The van der Waals surface area contributed by atoms with Crippen LogP contribution < -0.4 is 0 Å². The van der Waals surface area contributed by atoms with Crippen molar-refractivity contribution >= 4 is 27.0 Å². The summed E-state index contributed by atoms with van der Waals surface area (Å²) in [6.07, 6.45) is 3.64. The summed E-state index contributed by atoms with van der Waals surface area (Å²) in [5.41, 5.74) is 2.12. The van der Waals surface area contributed by atoms with Gasteiger partial charge in [0.15, 0.2) is 0 Å². The number of imidazole rings is 1. The van der Waals surface area contributed by atoms with Gasteiger partial charge >= 0.3 is 0 Å². The lowest BCUT2D eigenvalue weighted by Crippen LogP contribution is -1.95. The third-order valence-electron chi connectivity index (χ3n) is 1.94. The molecule has 1 heterocycles. The molecule has 0 radical (unpaired) electrons. The van der Waals surface area contributed by atoms with E-state index in [1.54, 1.807) is 0 Å². The van der Waals surface area contributed by atoms with Crippen molar-refractivity contribution in [2.24, 2.45) is 0 Å². The monoisotopic (exact) mass is 236 g/mol. The number of allylic oxidation sites excluding steroid dienone is 1. The van der Waals surface area contributed by atoms with E-state index < -0.39 is 0 Å². The van der Waals surface area contributed by atoms with Gasteiger partial charge in [0.2, 0.25) is 0 Å². The Kier molecular flexibility index (Phi) is 2.19. The van der Waals surface area contributed by atoms with Crippen LogP contribution in [0.1, 0.15) is 4.95 Å². The SMILES string of the molecule is C=CC(Br)n1cnc2ccccc21. The molecule has 3 heteroatoms. The molecule has 0 saturated heterocycles. The van der Waals surface area contributed by atoms with E-state index in [2.05, 4.69) is 27.5 Å². The quantitative estimate of drug-likeness (QED) is 0.579. The number of hydrogen-bond acceptors (Lipinski definition) is 1. The predicted octanol–water partition coefficient (Wildman–Crippen LogP) is 3.12. The van der Waals surface area contributed by atoms with Gasteiger partial charge in [-0.2, -0.15) is 0 Å². The lowest BCUT2D eigenvalue weighted by atomic mass is 10.3. The highest BCUT2D eigenvalue weighted by Crippen LogP contribution is 2.22. The van der Waals surface area contributed by atoms with E-state index in [0.29, 0.717) is 0 Å². The number of hydrogen-bond donors (Lipinski definition) is 0. The Bertz CT molecular complexity index is 433. The fourth-order valence-electron chi connectivity index (χ4n) is 1.29. The Morgan fingerprint density at radius 1 is 1.46 bits per heavy atom. The molecule has 2 nitrogen and oxygen atoms in total. The second kappa shape index (κ2) is 3.34. The summed E-state index contributed by atoms with van der Waals surface area (Å²) >= 11 is 3.49. The second-order valence-electron chi connectivity index (χ2n) is 2.75. The van der Waals surface area contributed by atoms with Gasteiger partial charge in [0.1, 0.15) is 4.95 Å². The van der Waals surface area contributed by atoms with Crippen LogP contribution in [0.4, 0.5) is 0 Å². The van der Waals surface area contributed by atoms with Crippen molar-refractivity contribution in [1.29, 1.82) is 0 Å². The molecule has 0 aliphatic carbocycles. The second-order valence-corrected chi connectivity index (χ2v) is 3.69. The predicted molar refractivity (Wildman–Crippen MR) is 57.9 cm³/mol. The first-order valence-corrected chi connectivity index (χ1v) is 4.92. The Labute approximate surface area is 85.0 Å². The molecule has 0 fully saturated rings. The number of halogens is 1. The molecule has 0 bridgehead atoms. The standard InChI is InChI=1S/C10H9BrN2/c1-2-10(11)13-7-12-8-5-3-4-6-9(8)13/h2-7,10H,1H2. The van der Waals surface area contributed by atoms with Gasteiger partial charge in [-0.1, -0.05) is 34.1 Å². The average Bonchev–Trinajstić information content (AvgIpc) is 2.60. The number of aromatic nitrogens is 2. The van der Waals surface area contributed by atoms with Crippen molar-refractivity contribution in [3.8, 4) is 0 Å². The van der Waals surface area contributed by atoms with Crippen LogP contribution in [0.25, 0.3) is 11.0 Å². The van der Waals surface area contributed by atoms with Crippen molar-refractivity contribution in [1.82, 2.24) is 9.55 Å². The Hall–Kier alpha value is -1.09. The van der Waals surface area contributed by atoms with Crippen LogP contribution >= 0.6 is 15.9 Å². The summed E-state index contributed by atoms with van der Waals surface area (Å²) in [6.45, 7) is 3.73. The molecule has 0 amide bonds. The molecule has 0 spiro atoms. The third-order valence-corrected chi connectivity index (χ3v) is 2.76. The zero-order valence-corrected chi connectivity index (χ0v) is 8.61. The molecule has 1 unspecified atom stereocenters. The van der Waals surface area contributed by atoms with Gasteiger partial charge in [0.25, 0.3) is 0 Å². The maximum atomic E-state index is 4.27. The number of para-hydroxylation sites is 2. The molecule has 1 aromatic carbocycles. The van der Waals surface area contributed by atoms with E-state index >= 15 is 0 Å². The van der Waals surface area contributed by atoms with Crippen molar-refractivity contribution < 1.29 is 0 Å². The van der Waals surface area contributed by atoms with E-state index in [4.69, 9.17) is 0 Å². The smallest absolute Gasteiger partial charge is 0.108 e. The summed E-state index contributed by atoms with van der Waals surface area (Å²) in [6, 6.07) is 8.02. The van der Waals surface area contributed by atoms with E-state index in [9.17, 15) is 0 Å². The van der Waals surface area contributed by atoms with Crippen LogP contribution in [-0.2, 0) is 0 Å². The molecule has 66 valence electrons. The Balaban J connectivity index is 2.64. The number of rotatable bonds is 2. The fraction of sp³-hybridized carbons (Fsp3) is 0.100. The molecule has 0 N–H and O–H groups in total. The molecule has 2 aromatic rings. The van der Waals surface area contributed by atoms with Crippen LogP contribution in [0.3, 0.4) is 0 Å². The Morgan fingerprint density at radius 3 is 3.00 bits per heavy atom. The number of fused-ring (bicyclic) bond motifs is 1. The zero-order valence-electron chi connectivity index (χ0n) is 7.02. The van der Waals surface area contributed by atoms with Gasteiger partial charge in [0.05, 0.1) is 17.4 Å². The number of nitrogens with zero attached hydrogens (tertiary/aromatic N) is 2. The molecule has 1 atom stereocenters. The van der Waals surface area contributed by atoms with Crippen LogP contribution in [0.2, 0.25) is 0 Å². The maximum Gasteiger partial charge on any atom is 0.108 e. The number of alkyl halides is 1. The minimum Gasteiger partial charge on any atom is -0.314 e. The molecule has 13 heavy (non-hydrogen) atoms. The largest absolute Gasteiger partial charge is 0.314 e. The van der Waals surface area contributed by atoms with E-state index in [-0.39, 0.29) is 4.95 Å². The van der Waals surface area contributed by atoms with Gasteiger partial charge in [-0.25, -0.2) is 4.98 Å². The molecular weight excluding hydrogens is 228 g/mol. The van der Waals surface area contributed by atoms with Gasteiger partial charge in [-0.05, 0) is 12.1 Å². The lowest BCUT2D eigenvalue weighted by molar-refractivity contribution is 0.842. The minimum absolute atomic E-state index is 0.111. The van der Waals surface area contributed by atoms with E-state index in [1.165, 1.54) is 0 Å². The molecule has 0 aliphatic heterocycles. The zero-order chi connectivity index (χ0) is 9.26. The molecule has 1 aromatic heterocycles. The van der Waals surface area contributed by atoms with Crippen LogP contribution in [-0.4, -0.2) is 9.55 Å². The number of benzene rings is 1. The normalized spacial score (nSPS) is 13.0. The van der Waals surface area contributed by atoms with E-state index in [0.717, 1.165) is 11.0 Å². The molecule has 0 saturated carbocycles. The topological polar surface area (TPSA) is 17.8 Å². The summed E-state index contributed by atoms with van der Waals surface area (Å²) in [5, 5.41) is 0. The van der Waals surface area contributed by atoms with E-state index in [1.807, 2.05) is 41.2 Å². The van der Waals surface area contributed by atoms with Crippen molar-refractivity contribution in [2.75, 3.05) is 0 Å². The van der Waals surface area contributed by atoms with Gasteiger partial charge < -0.3 is 4.57 Å². The van der Waals surface area contributed by atoms with Crippen LogP contribution in [0.5, 0.6) is 0 Å². The maximum absolute atomic E-state index is 4.27. The highest BCUT2D eigenvalue weighted by atomic mass is 79.9. The Morgan fingerprint density at radius 2 is 2.23 bits per heavy atom. The highest BCUT2D eigenvalue weighted by molar-refractivity contribution is 9.09. The molecule has 2 rings (SSSR count). The van der Waals surface area contributed by atoms with Crippen LogP contribution in [0.15, 0.2) is 43.2 Å². The van der Waals surface area contributed by atoms with Gasteiger partial charge in [0, 0.05) is 0 Å². The molecule has 0 aliphatic rings. The van der Waals surface area contributed by atoms with Crippen molar-refractivity contribution in [2.45, 2.75) is 4.95 Å². The average molecular weight is 237 g/mol. The van der Waals surface area contributed by atoms with Crippen LogP contribution in [0, 0.1) is 0 Å². The first-order chi connectivity index (χ1) is 6.33. The first-order valence-electron chi connectivity index (χ1n) is 4.01. The van der Waals surface area contributed by atoms with Crippen molar-refractivity contribution in [3.63, 3.8) is 0 Å². The highest BCUT2D eigenvalue weighted by Gasteiger charge is 2.05. The fourth-order valence-corrected chi connectivity index (χ4v) is 1.61. The summed E-state index contributed by atoms with van der Waals surface area (Å²) in [7, 11) is 0. The molecular formula is C10H9BrN2. The first kappa shape index (κ1) is 8.51.